The Bertz CT molecular complexity index is 1320. The zero-order valence-electron chi connectivity index (χ0n) is 18.5. The first kappa shape index (κ1) is 23.5. The normalized spacial score (nSPS) is 10.8. The number of nitrogens with two attached hydrogens (primary N) is 1. The van der Waals surface area contributed by atoms with Gasteiger partial charge < -0.3 is 25.0 Å². The van der Waals surface area contributed by atoms with Gasteiger partial charge in [-0.3, -0.25) is 4.79 Å². The van der Waals surface area contributed by atoms with Crippen LogP contribution in [0.4, 0.5) is 11.5 Å². The van der Waals surface area contributed by atoms with Crippen molar-refractivity contribution in [3.8, 4) is 34.3 Å². The highest BCUT2D eigenvalue weighted by atomic mass is 35.5. The summed E-state index contributed by atoms with van der Waals surface area (Å²) in [4.78, 5) is 17.2. The van der Waals surface area contributed by atoms with Gasteiger partial charge in [-0.25, -0.2) is 4.68 Å². The predicted molar refractivity (Wildman–Crippen MR) is 130 cm³/mol. The third kappa shape index (κ3) is 4.80. The van der Waals surface area contributed by atoms with Crippen LogP contribution < -0.4 is 20.5 Å². The average molecular weight is 501 g/mol. The number of nitrogens with one attached hydrogen (secondary N) is 1. The van der Waals surface area contributed by atoms with E-state index in [1.807, 2.05) is 6.26 Å². The minimum atomic E-state index is -0.354. The zero-order chi connectivity index (χ0) is 24.2. The molecule has 34 heavy (non-hydrogen) atoms. The molecule has 0 aliphatic heterocycles. The van der Waals surface area contributed by atoms with Gasteiger partial charge in [0.25, 0.3) is 5.89 Å². The van der Waals surface area contributed by atoms with Gasteiger partial charge in [-0.1, -0.05) is 16.8 Å². The van der Waals surface area contributed by atoms with E-state index in [0.29, 0.717) is 38.6 Å². The lowest BCUT2D eigenvalue weighted by atomic mass is 10.2. The second-order valence-electron chi connectivity index (χ2n) is 6.97. The van der Waals surface area contributed by atoms with Gasteiger partial charge in [-0.2, -0.15) is 10.1 Å². The van der Waals surface area contributed by atoms with E-state index in [9.17, 15) is 4.79 Å². The van der Waals surface area contributed by atoms with Crippen LogP contribution in [0.25, 0.3) is 22.8 Å². The molecule has 1 amide bonds. The van der Waals surface area contributed by atoms with E-state index in [4.69, 9.17) is 31.3 Å². The lowest BCUT2D eigenvalue weighted by molar-refractivity contribution is -0.116. The number of carbonyl (C=O) groups excluding carboxylic acids is 1. The Hall–Kier alpha value is -3.70. The molecule has 0 unspecified atom stereocenters. The summed E-state index contributed by atoms with van der Waals surface area (Å²) in [5.41, 5.74) is 8.01. The molecule has 0 radical (unpaired) electrons. The molecule has 4 aromatic rings. The van der Waals surface area contributed by atoms with Gasteiger partial charge in [0.15, 0.2) is 0 Å². The molecule has 0 fully saturated rings. The number of nitrogens with zero attached hydrogens (tertiary/aromatic N) is 4. The molecule has 2 aromatic heterocycles. The van der Waals surface area contributed by atoms with Crippen LogP contribution in [0.2, 0.25) is 5.02 Å². The molecular formula is C22H21ClN6O4S. The molecule has 0 bridgehead atoms. The number of aromatic nitrogens is 4. The van der Waals surface area contributed by atoms with Gasteiger partial charge in [0.05, 0.1) is 19.9 Å². The van der Waals surface area contributed by atoms with E-state index in [1.165, 1.54) is 23.6 Å². The number of nitrogen functional groups attached to an aromatic ring is 1. The fourth-order valence-electron chi connectivity index (χ4n) is 3.20. The Labute approximate surface area is 204 Å². The summed E-state index contributed by atoms with van der Waals surface area (Å²) in [5.74, 6) is 1.53. The van der Waals surface area contributed by atoms with Crippen molar-refractivity contribution in [3.05, 3.63) is 47.5 Å². The fraction of sp³-hybridized carbons (Fsp3) is 0.182. The third-order valence-electron chi connectivity index (χ3n) is 4.87. The largest absolute Gasteiger partial charge is 0.497 e. The standard InChI is InChI=1S/C22H21ClN6O4S/c1-31-14-8-9-16(32-2)15(10-14)25-17(30)11-29-19(24)18(22(27-29)34-3)21-26-20(28-33-21)12-4-6-13(23)7-5-12/h4-10H,11,24H2,1-3H3,(H,25,30). The van der Waals surface area contributed by atoms with Crippen LogP contribution in [0, 0.1) is 0 Å². The summed E-state index contributed by atoms with van der Waals surface area (Å²) in [6.45, 7) is -0.141. The zero-order valence-corrected chi connectivity index (χ0v) is 20.1. The Morgan fingerprint density at radius 2 is 1.97 bits per heavy atom. The van der Waals surface area contributed by atoms with Crippen LogP contribution in [0.5, 0.6) is 11.5 Å². The van der Waals surface area contributed by atoms with Gasteiger partial charge in [-0.05, 0) is 42.7 Å². The number of rotatable bonds is 8. The lowest BCUT2D eigenvalue weighted by Crippen LogP contribution is -2.21. The van der Waals surface area contributed by atoms with Crippen molar-refractivity contribution >= 4 is 40.8 Å². The molecule has 0 saturated carbocycles. The van der Waals surface area contributed by atoms with E-state index >= 15 is 0 Å². The molecular weight excluding hydrogens is 480 g/mol. The summed E-state index contributed by atoms with van der Waals surface area (Å²) in [5, 5.41) is 12.4. The molecule has 0 aliphatic rings. The Morgan fingerprint density at radius 1 is 1.21 bits per heavy atom. The number of thioether (sulfide) groups is 1. The maximum absolute atomic E-state index is 12.8. The smallest absolute Gasteiger partial charge is 0.264 e. The van der Waals surface area contributed by atoms with E-state index < -0.39 is 0 Å². The van der Waals surface area contributed by atoms with E-state index in [-0.39, 0.29) is 24.2 Å². The van der Waals surface area contributed by atoms with Crippen LogP contribution in [0.1, 0.15) is 0 Å². The minimum absolute atomic E-state index is 0.141. The fourth-order valence-corrected chi connectivity index (χ4v) is 3.90. The molecule has 10 nitrogen and oxygen atoms in total. The van der Waals surface area contributed by atoms with Crippen LogP contribution in [0.3, 0.4) is 0 Å². The number of methoxy groups -OCH3 is 2. The number of anilines is 2. The van der Waals surface area contributed by atoms with Gasteiger partial charge in [0, 0.05) is 16.7 Å². The first-order valence-corrected chi connectivity index (χ1v) is 11.6. The molecule has 2 heterocycles. The molecule has 0 spiro atoms. The number of hydrogen-bond acceptors (Lipinski definition) is 9. The highest BCUT2D eigenvalue weighted by Crippen LogP contribution is 2.35. The van der Waals surface area contributed by atoms with Crippen molar-refractivity contribution in [2.45, 2.75) is 11.6 Å². The number of hydrogen-bond donors (Lipinski definition) is 2. The number of amides is 1. The van der Waals surface area contributed by atoms with E-state index in [1.54, 1.807) is 49.6 Å². The highest BCUT2D eigenvalue weighted by Gasteiger charge is 2.24. The molecule has 0 atom stereocenters. The Balaban J connectivity index is 1.58. The predicted octanol–water partition coefficient (Wildman–Crippen LogP) is 4.21. The topological polar surface area (TPSA) is 130 Å². The SMILES string of the molecule is COc1ccc(OC)c(NC(=O)Cn2nc(SC)c(-c3nc(-c4ccc(Cl)cc4)no3)c2N)c1. The summed E-state index contributed by atoms with van der Waals surface area (Å²) in [6, 6.07) is 12.2. The third-order valence-corrected chi connectivity index (χ3v) is 5.79. The minimum Gasteiger partial charge on any atom is -0.497 e. The van der Waals surface area contributed by atoms with E-state index in [0.717, 1.165) is 5.56 Å². The van der Waals surface area contributed by atoms with Crippen LogP contribution in [0.15, 0.2) is 52.0 Å². The second kappa shape index (κ2) is 10.1. The molecule has 4 rings (SSSR count). The van der Waals surface area contributed by atoms with Crippen LogP contribution in [-0.2, 0) is 11.3 Å². The van der Waals surface area contributed by atoms with Crippen LogP contribution in [-0.4, -0.2) is 46.3 Å². The van der Waals surface area contributed by atoms with Crippen molar-refractivity contribution in [2.75, 3.05) is 31.5 Å². The summed E-state index contributed by atoms with van der Waals surface area (Å²) in [7, 11) is 3.06. The van der Waals surface area contributed by atoms with Crippen LogP contribution >= 0.6 is 23.4 Å². The monoisotopic (exact) mass is 500 g/mol. The molecule has 0 aliphatic carbocycles. The maximum atomic E-state index is 12.8. The summed E-state index contributed by atoms with van der Waals surface area (Å²) in [6.07, 6.45) is 1.84. The van der Waals surface area contributed by atoms with Crippen molar-refractivity contribution in [2.24, 2.45) is 0 Å². The average Bonchev–Trinajstić information content (AvgIpc) is 3.44. The summed E-state index contributed by atoms with van der Waals surface area (Å²) < 4.78 is 17.4. The molecule has 0 saturated heterocycles. The first-order chi connectivity index (χ1) is 16.4. The number of halogens is 1. The van der Waals surface area contributed by atoms with Gasteiger partial charge in [-0.15, -0.1) is 11.8 Å². The summed E-state index contributed by atoms with van der Waals surface area (Å²) >= 11 is 7.30. The van der Waals surface area contributed by atoms with Crippen molar-refractivity contribution in [1.82, 2.24) is 19.9 Å². The van der Waals surface area contributed by atoms with Crippen molar-refractivity contribution in [1.29, 1.82) is 0 Å². The van der Waals surface area contributed by atoms with Crippen molar-refractivity contribution < 1.29 is 18.8 Å². The van der Waals surface area contributed by atoms with Crippen molar-refractivity contribution in [3.63, 3.8) is 0 Å². The first-order valence-electron chi connectivity index (χ1n) is 9.95. The quantitative estimate of drug-likeness (QED) is 0.341. The molecule has 2 aromatic carbocycles. The van der Waals surface area contributed by atoms with Gasteiger partial charge in [0.2, 0.25) is 11.7 Å². The molecule has 176 valence electrons. The van der Waals surface area contributed by atoms with Gasteiger partial charge in [0.1, 0.15) is 34.5 Å². The number of ether oxygens (including phenoxy) is 2. The van der Waals surface area contributed by atoms with E-state index in [2.05, 4.69) is 20.6 Å². The molecule has 12 heteroatoms. The Morgan fingerprint density at radius 3 is 2.65 bits per heavy atom. The number of benzene rings is 2. The second-order valence-corrected chi connectivity index (χ2v) is 8.20. The van der Waals surface area contributed by atoms with Gasteiger partial charge >= 0.3 is 0 Å². The number of carbonyl (C=O) groups is 1. The molecule has 3 N–H and O–H groups in total. The highest BCUT2D eigenvalue weighted by molar-refractivity contribution is 7.98. The lowest BCUT2D eigenvalue weighted by Gasteiger charge is -2.12. The maximum Gasteiger partial charge on any atom is 0.264 e. The Kier molecular flexibility index (Phi) is 6.94.